The summed E-state index contributed by atoms with van der Waals surface area (Å²) in [6.45, 7) is 9.78. The molecule has 2 heterocycles. The van der Waals surface area contributed by atoms with E-state index in [0.717, 1.165) is 19.3 Å². The van der Waals surface area contributed by atoms with Crippen molar-refractivity contribution in [3.8, 4) is 0 Å². The van der Waals surface area contributed by atoms with E-state index in [9.17, 15) is 46.0 Å². The Balaban J connectivity index is 1.09. The molecule has 12 nitrogen and oxygen atoms in total. The first-order chi connectivity index (χ1) is 21.1. The minimum atomic E-state index is -1.53. The highest BCUT2D eigenvalue weighted by Gasteiger charge is 2.70. The number of ether oxygens (including phenoxy) is 3. The summed E-state index contributed by atoms with van der Waals surface area (Å²) in [6, 6.07) is 0. The molecular formula is C33H54O12. The molecule has 0 unspecified atom stereocenters. The van der Waals surface area contributed by atoms with Crippen LogP contribution in [0.15, 0.2) is 12.2 Å². The molecule has 45 heavy (non-hydrogen) atoms. The Labute approximate surface area is 264 Å². The minimum absolute atomic E-state index is 0.0253. The lowest BCUT2D eigenvalue weighted by atomic mass is 9.43. The van der Waals surface area contributed by atoms with Gasteiger partial charge in [0.15, 0.2) is 12.1 Å². The second-order valence-electron chi connectivity index (χ2n) is 15.7. The van der Waals surface area contributed by atoms with Gasteiger partial charge in [0.05, 0.1) is 37.6 Å². The van der Waals surface area contributed by atoms with Gasteiger partial charge in [-0.2, -0.15) is 0 Å². The Morgan fingerprint density at radius 2 is 1.60 bits per heavy atom. The third kappa shape index (κ3) is 5.18. The van der Waals surface area contributed by atoms with E-state index in [0.29, 0.717) is 18.4 Å². The maximum Gasteiger partial charge on any atom is 0.187 e. The van der Waals surface area contributed by atoms with Gasteiger partial charge in [-0.15, -0.1) is 0 Å². The normalized spacial score (nSPS) is 57.5. The summed E-state index contributed by atoms with van der Waals surface area (Å²) in [5.74, 6) is -1.29. The molecule has 6 fully saturated rings. The highest BCUT2D eigenvalue weighted by molar-refractivity contribution is 5.18. The molecule has 19 atom stereocenters. The monoisotopic (exact) mass is 642 g/mol. The number of aliphatic hydroxyl groups is 9. The summed E-state index contributed by atoms with van der Waals surface area (Å²) in [5, 5.41) is 95.0. The molecule has 0 spiro atoms. The van der Waals surface area contributed by atoms with Crippen molar-refractivity contribution in [3.05, 3.63) is 12.2 Å². The standard InChI is InChI=1S/C33H54O12/c1-14(13-43-30-28(40)27(39)26(38)23(12-34)44-30)5-8-33(42)15(2)24-22(45-33)11-18-16-9-20(35)19-10-21(36)25(37)29(41)32(19,4)17(16)6-7-31(18,24)3/h15-30,34-42H,1,5-13H2,2-4H3/t15-,16+,17-,18-,19-,20-,21+,22-,23+,24-,25+,26+,27-,28+,29+,30+,31-,32+,33+/m0/s1. The van der Waals surface area contributed by atoms with Crippen molar-refractivity contribution in [3.63, 3.8) is 0 Å². The summed E-state index contributed by atoms with van der Waals surface area (Å²) in [4.78, 5) is 0. The van der Waals surface area contributed by atoms with Crippen LogP contribution in [0.4, 0.5) is 0 Å². The number of aliphatic hydroxyl groups excluding tert-OH is 8. The summed E-state index contributed by atoms with van der Waals surface area (Å²) >= 11 is 0. The van der Waals surface area contributed by atoms with Crippen LogP contribution in [-0.4, -0.2) is 126 Å². The molecule has 6 rings (SSSR count). The van der Waals surface area contributed by atoms with E-state index in [2.05, 4.69) is 13.5 Å². The lowest BCUT2D eigenvalue weighted by Crippen LogP contribution is -2.67. The highest BCUT2D eigenvalue weighted by Crippen LogP contribution is 2.70. The van der Waals surface area contributed by atoms with Crippen LogP contribution in [0.5, 0.6) is 0 Å². The van der Waals surface area contributed by atoms with Gasteiger partial charge in [0.1, 0.15) is 30.5 Å². The minimum Gasteiger partial charge on any atom is -0.394 e. The first-order valence-electron chi connectivity index (χ1n) is 16.8. The summed E-state index contributed by atoms with van der Waals surface area (Å²) in [7, 11) is 0. The Bertz CT molecular complexity index is 1110. The van der Waals surface area contributed by atoms with Gasteiger partial charge in [-0.25, -0.2) is 0 Å². The summed E-state index contributed by atoms with van der Waals surface area (Å²) in [6.07, 6.45) is -7.08. The second kappa shape index (κ2) is 12.0. The smallest absolute Gasteiger partial charge is 0.187 e. The molecule has 2 saturated heterocycles. The zero-order valence-corrected chi connectivity index (χ0v) is 26.6. The van der Waals surface area contributed by atoms with Crippen LogP contribution in [0, 0.1) is 46.3 Å². The van der Waals surface area contributed by atoms with Gasteiger partial charge in [0, 0.05) is 17.8 Å². The lowest BCUT2D eigenvalue weighted by molar-refractivity contribution is -0.299. The third-order valence-corrected chi connectivity index (χ3v) is 13.7. The molecule has 0 amide bonds. The van der Waals surface area contributed by atoms with Crippen molar-refractivity contribution in [2.45, 2.75) is 133 Å². The fourth-order valence-electron chi connectivity index (χ4n) is 11.2. The first kappa shape index (κ1) is 34.1. The van der Waals surface area contributed by atoms with Gasteiger partial charge in [-0.3, -0.25) is 0 Å². The molecule has 9 N–H and O–H groups in total. The van der Waals surface area contributed by atoms with E-state index in [-0.39, 0.29) is 66.5 Å². The average molecular weight is 643 g/mol. The van der Waals surface area contributed by atoms with E-state index in [1.165, 1.54) is 0 Å². The van der Waals surface area contributed by atoms with Gasteiger partial charge >= 0.3 is 0 Å². The molecule has 258 valence electrons. The third-order valence-electron chi connectivity index (χ3n) is 13.7. The van der Waals surface area contributed by atoms with Crippen LogP contribution in [-0.2, 0) is 14.2 Å². The van der Waals surface area contributed by atoms with Crippen LogP contribution in [0.25, 0.3) is 0 Å². The van der Waals surface area contributed by atoms with Gasteiger partial charge < -0.3 is 60.2 Å². The predicted octanol–water partition coefficient (Wildman–Crippen LogP) is -0.595. The highest BCUT2D eigenvalue weighted by atomic mass is 16.7. The molecule has 0 aromatic carbocycles. The summed E-state index contributed by atoms with van der Waals surface area (Å²) < 4.78 is 17.5. The quantitative estimate of drug-likeness (QED) is 0.160. The van der Waals surface area contributed by atoms with Gasteiger partial charge in [-0.05, 0) is 73.5 Å². The Morgan fingerprint density at radius 1 is 0.889 bits per heavy atom. The van der Waals surface area contributed by atoms with Crippen LogP contribution in [0.1, 0.15) is 65.7 Å². The molecule has 12 heteroatoms. The average Bonchev–Trinajstić information content (AvgIpc) is 3.44. The molecule has 4 aliphatic carbocycles. The molecule has 0 radical (unpaired) electrons. The van der Waals surface area contributed by atoms with Gasteiger partial charge in [0.25, 0.3) is 0 Å². The van der Waals surface area contributed by atoms with Crippen LogP contribution in [0.3, 0.4) is 0 Å². The predicted molar refractivity (Wildman–Crippen MR) is 158 cm³/mol. The maximum absolute atomic E-state index is 11.8. The molecule has 0 aromatic heterocycles. The largest absolute Gasteiger partial charge is 0.394 e. The zero-order chi connectivity index (χ0) is 32.8. The molecule has 6 aliphatic rings. The van der Waals surface area contributed by atoms with E-state index >= 15 is 0 Å². The molecule has 0 aromatic rings. The topological polar surface area (TPSA) is 210 Å². The molecule has 0 bridgehead atoms. The van der Waals surface area contributed by atoms with E-state index in [1.807, 2.05) is 13.8 Å². The van der Waals surface area contributed by atoms with Gasteiger partial charge in [-0.1, -0.05) is 32.9 Å². The van der Waals surface area contributed by atoms with Crippen LogP contribution in [0.2, 0.25) is 0 Å². The van der Waals surface area contributed by atoms with Crippen molar-refractivity contribution >= 4 is 0 Å². The van der Waals surface area contributed by atoms with Crippen LogP contribution < -0.4 is 0 Å². The molecule has 2 aliphatic heterocycles. The van der Waals surface area contributed by atoms with Crippen molar-refractivity contribution in [1.82, 2.24) is 0 Å². The van der Waals surface area contributed by atoms with Gasteiger partial charge in [0.2, 0.25) is 0 Å². The molecule has 4 saturated carbocycles. The van der Waals surface area contributed by atoms with E-state index in [1.54, 1.807) is 0 Å². The van der Waals surface area contributed by atoms with E-state index in [4.69, 9.17) is 14.2 Å². The fraction of sp³-hybridized carbons (Fsp3) is 0.939. The number of rotatable bonds is 7. The summed E-state index contributed by atoms with van der Waals surface area (Å²) in [5.41, 5.74) is -0.222. The number of fused-ring (bicyclic) bond motifs is 7. The second-order valence-corrected chi connectivity index (χ2v) is 15.7. The zero-order valence-electron chi connectivity index (χ0n) is 26.6. The molecular weight excluding hydrogens is 588 g/mol. The first-order valence-corrected chi connectivity index (χ1v) is 16.8. The Morgan fingerprint density at radius 3 is 2.29 bits per heavy atom. The maximum atomic E-state index is 11.8. The van der Waals surface area contributed by atoms with Crippen LogP contribution >= 0.6 is 0 Å². The van der Waals surface area contributed by atoms with Crippen molar-refractivity contribution in [2.75, 3.05) is 13.2 Å². The lowest BCUT2D eigenvalue weighted by Gasteiger charge is -2.64. The van der Waals surface area contributed by atoms with Crippen molar-refractivity contribution < 1.29 is 60.2 Å². The SMILES string of the molecule is C=C(CC[C@@]1(O)O[C@H]2C[C@H]3[C@@H]4C[C@H](O)[C@@H]5C[C@@H](O)[C@@H](O)[C@@H](O)[C@]5(C)[C@H]4CC[C@]3(C)[C@H]2[C@@H]1C)CO[C@@H]1O[C@H](CO)[C@@H](O)[C@H](O)[C@H]1O. The fourth-order valence-corrected chi connectivity index (χ4v) is 11.2. The van der Waals surface area contributed by atoms with Crippen molar-refractivity contribution in [2.24, 2.45) is 46.3 Å². The Hall–Kier alpha value is -0.740. The Kier molecular flexibility index (Phi) is 9.10. The van der Waals surface area contributed by atoms with Crippen molar-refractivity contribution in [1.29, 1.82) is 0 Å². The number of hydrogen-bond acceptors (Lipinski definition) is 12. The number of hydrogen-bond donors (Lipinski definition) is 9. The van der Waals surface area contributed by atoms with E-state index < -0.39 is 72.9 Å².